The fourth-order valence-electron chi connectivity index (χ4n) is 3.22. The van der Waals surface area contributed by atoms with Gasteiger partial charge >= 0.3 is 5.97 Å². The first-order valence-electron chi connectivity index (χ1n) is 9.98. The van der Waals surface area contributed by atoms with E-state index in [2.05, 4.69) is 5.32 Å². The van der Waals surface area contributed by atoms with Crippen LogP contribution in [-0.2, 0) is 14.3 Å². The number of amides is 2. The Morgan fingerprint density at radius 1 is 1.07 bits per heavy atom. The number of benzene rings is 2. The molecule has 6 nitrogen and oxygen atoms in total. The summed E-state index contributed by atoms with van der Waals surface area (Å²) >= 11 is 1.32. The van der Waals surface area contributed by atoms with Gasteiger partial charge in [-0.25, -0.2) is 4.79 Å². The lowest BCUT2D eigenvalue weighted by molar-refractivity contribution is -0.127. The maximum atomic E-state index is 12.5. The molecule has 0 spiro atoms. The quantitative estimate of drug-likeness (QED) is 0.538. The summed E-state index contributed by atoms with van der Waals surface area (Å²) in [5.41, 5.74) is 3.02. The first kappa shape index (κ1) is 21.9. The molecule has 0 aromatic heterocycles. The molecule has 7 heteroatoms. The molecule has 1 heterocycles. The van der Waals surface area contributed by atoms with Crippen LogP contribution in [0.3, 0.4) is 0 Å². The van der Waals surface area contributed by atoms with Crippen molar-refractivity contribution >= 4 is 35.2 Å². The summed E-state index contributed by atoms with van der Waals surface area (Å²) in [5.74, 6) is -0.625. The number of carbonyl (C=O) groups is 3. The average Bonchev–Trinajstić information content (AvgIpc) is 3.28. The Morgan fingerprint density at radius 2 is 1.80 bits per heavy atom. The maximum absolute atomic E-state index is 12.5. The summed E-state index contributed by atoms with van der Waals surface area (Å²) in [5, 5.41) is 2.77. The van der Waals surface area contributed by atoms with Gasteiger partial charge in [-0.1, -0.05) is 24.3 Å². The van der Waals surface area contributed by atoms with Crippen LogP contribution in [0.5, 0.6) is 0 Å². The van der Waals surface area contributed by atoms with Crippen LogP contribution in [0.4, 0.5) is 5.69 Å². The molecule has 0 saturated carbocycles. The van der Waals surface area contributed by atoms with E-state index in [0.29, 0.717) is 16.1 Å². The molecule has 30 heavy (non-hydrogen) atoms. The van der Waals surface area contributed by atoms with Crippen molar-refractivity contribution in [3.8, 4) is 0 Å². The molecule has 0 bridgehead atoms. The van der Waals surface area contributed by atoms with Crippen LogP contribution in [0.2, 0.25) is 0 Å². The molecule has 0 aliphatic carbocycles. The molecule has 158 valence electrons. The Labute approximate surface area is 181 Å². The molecule has 1 saturated heterocycles. The SMILES string of the molecule is Cc1ccc(C)c(NC(=O)COC(=O)c2ccccc2SCC(=O)N2CCCC2)c1. The van der Waals surface area contributed by atoms with Crippen molar-refractivity contribution in [1.29, 1.82) is 0 Å². The third-order valence-electron chi connectivity index (χ3n) is 4.92. The molecular weight excluding hydrogens is 400 g/mol. The highest BCUT2D eigenvalue weighted by Crippen LogP contribution is 2.24. The second-order valence-electron chi connectivity index (χ2n) is 7.32. The van der Waals surface area contributed by atoms with E-state index in [4.69, 9.17) is 4.74 Å². The van der Waals surface area contributed by atoms with Gasteiger partial charge in [0, 0.05) is 23.7 Å². The third-order valence-corrected chi connectivity index (χ3v) is 5.98. The maximum Gasteiger partial charge on any atom is 0.339 e. The first-order valence-corrected chi connectivity index (χ1v) is 11.0. The third kappa shape index (κ3) is 5.86. The molecule has 0 radical (unpaired) electrons. The standard InChI is InChI=1S/C23H26N2O4S/c1-16-9-10-17(2)19(13-16)24-21(26)14-29-23(28)18-7-3-4-8-20(18)30-15-22(27)25-11-5-6-12-25/h3-4,7-10,13H,5-6,11-12,14-15H2,1-2H3,(H,24,26). The average molecular weight is 427 g/mol. The largest absolute Gasteiger partial charge is 0.452 e. The number of anilines is 1. The topological polar surface area (TPSA) is 75.7 Å². The van der Waals surface area contributed by atoms with Gasteiger partial charge in [0.2, 0.25) is 5.91 Å². The van der Waals surface area contributed by atoms with Crippen molar-refractivity contribution in [2.24, 2.45) is 0 Å². The van der Waals surface area contributed by atoms with E-state index in [1.807, 2.05) is 43.0 Å². The van der Waals surface area contributed by atoms with Crippen molar-refractivity contribution in [1.82, 2.24) is 4.90 Å². The zero-order valence-corrected chi connectivity index (χ0v) is 18.1. The summed E-state index contributed by atoms with van der Waals surface area (Å²) in [6, 6.07) is 12.7. The molecule has 0 atom stereocenters. The van der Waals surface area contributed by atoms with Gasteiger partial charge in [-0.3, -0.25) is 9.59 Å². The number of hydrogen-bond acceptors (Lipinski definition) is 5. The van der Waals surface area contributed by atoms with E-state index >= 15 is 0 Å². The van der Waals surface area contributed by atoms with Gasteiger partial charge < -0.3 is 15.0 Å². The summed E-state index contributed by atoms with van der Waals surface area (Å²) < 4.78 is 5.22. The molecule has 2 aromatic rings. The highest BCUT2D eigenvalue weighted by Gasteiger charge is 2.20. The summed E-state index contributed by atoms with van der Waals surface area (Å²) in [4.78, 5) is 39.5. The number of ether oxygens (including phenoxy) is 1. The van der Waals surface area contributed by atoms with Crippen molar-refractivity contribution in [3.05, 3.63) is 59.2 Å². The predicted octanol–water partition coefficient (Wildman–Crippen LogP) is 3.81. The van der Waals surface area contributed by atoms with E-state index in [1.165, 1.54) is 11.8 Å². The highest BCUT2D eigenvalue weighted by molar-refractivity contribution is 8.00. The van der Waals surface area contributed by atoms with Crippen LogP contribution < -0.4 is 5.32 Å². The number of esters is 1. The Bertz CT molecular complexity index is 939. The Balaban J connectivity index is 1.55. The summed E-state index contributed by atoms with van der Waals surface area (Å²) in [6.07, 6.45) is 2.09. The summed E-state index contributed by atoms with van der Waals surface area (Å²) in [6.45, 7) is 5.07. The van der Waals surface area contributed by atoms with Gasteiger partial charge in [-0.2, -0.15) is 0 Å². The van der Waals surface area contributed by atoms with Gasteiger partial charge in [0.05, 0.1) is 11.3 Å². The van der Waals surface area contributed by atoms with Gasteiger partial charge in [0.25, 0.3) is 5.91 Å². The monoisotopic (exact) mass is 426 g/mol. The molecule has 0 unspecified atom stereocenters. The molecule has 1 N–H and O–H groups in total. The van der Waals surface area contributed by atoms with E-state index < -0.39 is 11.9 Å². The van der Waals surface area contributed by atoms with Gasteiger partial charge in [0.15, 0.2) is 6.61 Å². The lowest BCUT2D eigenvalue weighted by Crippen LogP contribution is -2.29. The van der Waals surface area contributed by atoms with Crippen LogP contribution >= 0.6 is 11.8 Å². The van der Waals surface area contributed by atoms with E-state index in [1.54, 1.807) is 18.2 Å². The Hall–Kier alpha value is -2.80. The number of thioether (sulfide) groups is 1. The zero-order chi connectivity index (χ0) is 21.5. The zero-order valence-electron chi connectivity index (χ0n) is 17.3. The molecule has 3 rings (SSSR count). The number of aryl methyl sites for hydroxylation is 2. The fraction of sp³-hybridized carbons (Fsp3) is 0.348. The lowest BCUT2D eigenvalue weighted by atomic mass is 10.1. The van der Waals surface area contributed by atoms with E-state index in [0.717, 1.165) is 37.1 Å². The highest BCUT2D eigenvalue weighted by atomic mass is 32.2. The molecular formula is C23H26N2O4S. The number of rotatable bonds is 7. The van der Waals surface area contributed by atoms with Crippen LogP contribution in [0.25, 0.3) is 0 Å². The number of hydrogen-bond donors (Lipinski definition) is 1. The second-order valence-corrected chi connectivity index (χ2v) is 8.33. The number of nitrogens with zero attached hydrogens (tertiary/aromatic N) is 1. The molecule has 1 aliphatic heterocycles. The number of carbonyl (C=O) groups excluding carboxylic acids is 3. The minimum absolute atomic E-state index is 0.0774. The summed E-state index contributed by atoms with van der Waals surface area (Å²) in [7, 11) is 0. The minimum Gasteiger partial charge on any atom is -0.452 e. The normalized spacial score (nSPS) is 13.2. The molecule has 2 aromatic carbocycles. The second kappa shape index (κ2) is 10.3. The Morgan fingerprint density at radius 3 is 2.57 bits per heavy atom. The minimum atomic E-state index is -0.581. The van der Waals surface area contributed by atoms with Crippen LogP contribution in [-0.4, -0.2) is 48.1 Å². The van der Waals surface area contributed by atoms with E-state index in [9.17, 15) is 14.4 Å². The lowest BCUT2D eigenvalue weighted by Gasteiger charge is -2.15. The predicted molar refractivity (Wildman–Crippen MR) is 118 cm³/mol. The molecule has 1 aliphatic rings. The number of nitrogens with one attached hydrogen (secondary N) is 1. The van der Waals surface area contributed by atoms with Gasteiger partial charge in [0.1, 0.15) is 0 Å². The van der Waals surface area contributed by atoms with Crippen molar-refractivity contribution in [3.63, 3.8) is 0 Å². The smallest absolute Gasteiger partial charge is 0.339 e. The Kier molecular flexibility index (Phi) is 7.52. The van der Waals surface area contributed by atoms with Gasteiger partial charge in [-0.15, -0.1) is 11.8 Å². The van der Waals surface area contributed by atoms with E-state index in [-0.39, 0.29) is 18.3 Å². The molecule has 1 fully saturated rings. The van der Waals surface area contributed by atoms with Crippen molar-refractivity contribution < 1.29 is 19.1 Å². The van der Waals surface area contributed by atoms with Crippen molar-refractivity contribution in [2.45, 2.75) is 31.6 Å². The first-order chi connectivity index (χ1) is 14.4. The molecule has 2 amide bonds. The number of likely N-dealkylation sites (tertiary alicyclic amines) is 1. The van der Waals surface area contributed by atoms with Crippen LogP contribution in [0.15, 0.2) is 47.4 Å². The van der Waals surface area contributed by atoms with Crippen LogP contribution in [0, 0.1) is 13.8 Å². The fourth-order valence-corrected chi connectivity index (χ4v) is 4.17. The van der Waals surface area contributed by atoms with Crippen LogP contribution in [0.1, 0.15) is 34.3 Å². The van der Waals surface area contributed by atoms with Crippen molar-refractivity contribution in [2.75, 3.05) is 30.8 Å². The van der Waals surface area contributed by atoms with Gasteiger partial charge in [-0.05, 0) is 56.0 Å².